The van der Waals surface area contributed by atoms with Gasteiger partial charge in [0, 0.05) is 49.1 Å². The lowest BCUT2D eigenvalue weighted by Crippen LogP contribution is -2.38. The van der Waals surface area contributed by atoms with Crippen molar-refractivity contribution >= 4 is 17.6 Å². The molecule has 4 rings (SSSR count). The monoisotopic (exact) mass is 449 g/mol. The maximum Gasteiger partial charge on any atom is 0.228 e. The van der Waals surface area contributed by atoms with Gasteiger partial charge in [-0.1, -0.05) is 19.9 Å². The first-order chi connectivity index (χ1) is 15.9. The van der Waals surface area contributed by atoms with E-state index in [0.29, 0.717) is 37.5 Å². The van der Waals surface area contributed by atoms with E-state index < -0.39 is 0 Å². The van der Waals surface area contributed by atoms with Crippen LogP contribution in [0.4, 0.5) is 5.82 Å². The Morgan fingerprint density at radius 1 is 1.21 bits per heavy atom. The predicted octanol–water partition coefficient (Wildman–Crippen LogP) is 4.19. The summed E-state index contributed by atoms with van der Waals surface area (Å²) in [5.41, 5.74) is 3.03. The third kappa shape index (κ3) is 5.40. The average molecular weight is 450 g/mol. The Balaban J connectivity index is 1.50. The van der Waals surface area contributed by atoms with Crippen LogP contribution in [0.2, 0.25) is 0 Å². The molecular weight excluding hydrogens is 414 g/mol. The number of hydrogen-bond acceptors (Lipinski definition) is 5. The molecule has 0 bridgehead atoms. The van der Waals surface area contributed by atoms with E-state index in [1.165, 1.54) is 0 Å². The van der Waals surface area contributed by atoms with Crippen LogP contribution in [0.5, 0.6) is 0 Å². The first-order valence-corrected chi connectivity index (χ1v) is 12.3. The van der Waals surface area contributed by atoms with Crippen LogP contribution in [0, 0.1) is 12.8 Å². The average Bonchev–Trinajstić information content (AvgIpc) is 3.29. The van der Waals surface area contributed by atoms with Crippen molar-refractivity contribution in [1.82, 2.24) is 19.9 Å². The second-order valence-corrected chi connectivity index (χ2v) is 9.62. The molecule has 2 aliphatic rings. The number of amides is 2. The fourth-order valence-electron chi connectivity index (χ4n) is 4.81. The number of aryl methyl sites for hydroxylation is 2. The van der Waals surface area contributed by atoms with Crippen LogP contribution < -0.4 is 4.90 Å². The minimum absolute atomic E-state index is 0.111. The maximum atomic E-state index is 13.1. The SMILES string of the molecule is Cc1nc(C2CCCN2C(=O)CCCc2ccccn2)nc2c1CCC(=O)N2CCC(C)C. The number of fused-ring (bicyclic) bond motifs is 1. The lowest BCUT2D eigenvalue weighted by molar-refractivity contribution is -0.132. The number of nitrogens with zero attached hydrogens (tertiary/aromatic N) is 5. The van der Waals surface area contributed by atoms with Gasteiger partial charge in [-0.05, 0) is 63.5 Å². The summed E-state index contributed by atoms with van der Waals surface area (Å²) >= 11 is 0. The van der Waals surface area contributed by atoms with Crippen molar-refractivity contribution in [3.63, 3.8) is 0 Å². The highest BCUT2D eigenvalue weighted by molar-refractivity contribution is 5.95. The van der Waals surface area contributed by atoms with Crippen molar-refractivity contribution < 1.29 is 9.59 Å². The molecule has 0 aromatic carbocycles. The van der Waals surface area contributed by atoms with Crippen LogP contribution in [0.25, 0.3) is 0 Å². The van der Waals surface area contributed by atoms with Crippen molar-refractivity contribution in [2.24, 2.45) is 5.92 Å². The van der Waals surface area contributed by atoms with Crippen molar-refractivity contribution in [3.8, 4) is 0 Å². The number of anilines is 1. The van der Waals surface area contributed by atoms with Crippen molar-refractivity contribution in [2.45, 2.75) is 78.2 Å². The van der Waals surface area contributed by atoms with Crippen LogP contribution in [0.15, 0.2) is 24.4 Å². The van der Waals surface area contributed by atoms with Gasteiger partial charge in [0.25, 0.3) is 0 Å². The van der Waals surface area contributed by atoms with Gasteiger partial charge in [0.15, 0.2) is 5.82 Å². The summed E-state index contributed by atoms with van der Waals surface area (Å²) in [5, 5.41) is 0. The molecule has 7 nitrogen and oxygen atoms in total. The Morgan fingerprint density at radius 2 is 2.06 bits per heavy atom. The molecule has 0 saturated carbocycles. The molecule has 2 aromatic rings. The van der Waals surface area contributed by atoms with Crippen LogP contribution in [0.1, 0.15) is 81.2 Å². The highest BCUT2D eigenvalue weighted by atomic mass is 16.2. The first kappa shape index (κ1) is 23.3. The second-order valence-electron chi connectivity index (χ2n) is 9.62. The molecular formula is C26H35N5O2. The van der Waals surface area contributed by atoms with Gasteiger partial charge in [-0.3, -0.25) is 19.5 Å². The van der Waals surface area contributed by atoms with Gasteiger partial charge in [-0.2, -0.15) is 0 Å². The van der Waals surface area contributed by atoms with Crippen molar-refractivity contribution in [2.75, 3.05) is 18.0 Å². The zero-order valence-electron chi connectivity index (χ0n) is 20.1. The van der Waals surface area contributed by atoms with Crippen molar-refractivity contribution in [3.05, 3.63) is 47.2 Å². The van der Waals surface area contributed by atoms with Crippen LogP contribution in [-0.4, -0.2) is 44.8 Å². The second kappa shape index (κ2) is 10.4. The van der Waals surface area contributed by atoms with Gasteiger partial charge in [0.1, 0.15) is 5.82 Å². The number of hydrogen-bond donors (Lipinski definition) is 0. The van der Waals surface area contributed by atoms with Crippen molar-refractivity contribution in [1.29, 1.82) is 0 Å². The molecule has 0 radical (unpaired) electrons. The number of likely N-dealkylation sites (tertiary alicyclic amines) is 1. The van der Waals surface area contributed by atoms with Gasteiger partial charge in [0.05, 0.1) is 6.04 Å². The van der Waals surface area contributed by atoms with E-state index in [9.17, 15) is 9.59 Å². The molecule has 0 aliphatic carbocycles. The Labute approximate surface area is 196 Å². The number of pyridine rings is 1. The number of carbonyl (C=O) groups is 2. The maximum absolute atomic E-state index is 13.1. The lowest BCUT2D eigenvalue weighted by Gasteiger charge is -2.31. The highest BCUT2D eigenvalue weighted by Gasteiger charge is 2.34. The van der Waals surface area contributed by atoms with Gasteiger partial charge in [-0.15, -0.1) is 0 Å². The fourth-order valence-corrected chi connectivity index (χ4v) is 4.81. The van der Waals surface area contributed by atoms with E-state index in [-0.39, 0.29) is 17.9 Å². The number of carbonyl (C=O) groups excluding carboxylic acids is 2. The van der Waals surface area contributed by atoms with E-state index >= 15 is 0 Å². The molecule has 2 aromatic heterocycles. The highest BCUT2D eigenvalue weighted by Crippen LogP contribution is 2.35. The standard InChI is InChI=1S/C26H35N5O2/c1-18(2)14-17-31-24(33)13-12-21-19(3)28-25(29-26(21)31)22-10-7-16-30(22)23(32)11-6-9-20-8-4-5-15-27-20/h4-5,8,15,18,22H,6-7,9-14,16-17H2,1-3H3. The molecule has 0 spiro atoms. The Bertz CT molecular complexity index is 992. The minimum atomic E-state index is -0.111. The largest absolute Gasteiger partial charge is 0.332 e. The van der Waals surface area contributed by atoms with E-state index in [1.807, 2.05) is 34.9 Å². The summed E-state index contributed by atoms with van der Waals surface area (Å²) < 4.78 is 0. The molecule has 1 fully saturated rings. The summed E-state index contributed by atoms with van der Waals surface area (Å²) in [6.07, 6.45) is 7.82. The summed E-state index contributed by atoms with van der Waals surface area (Å²) in [6, 6.07) is 5.77. The summed E-state index contributed by atoms with van der Waals surface area (Å²) in [5.74, 6) is 2.26. The van der Waals surface area contributed by atoms with E-state index in [2.05, 4.69) is 18.8 Å². The van der Waals surface area contributed by atoms with Gasteiger partial charge < -0.3 is 4.90 Å². The lowest BCUT2D eigenvalue weighted by atomic mass is 10.0. The normalized spacial score (nSPS) is 18.2. The zero-order chi connectivity index (χ0) is 23.4. The molecule has 1 saturated heterocycles. The third-order valence-corrected chi connectivity index (χ3v) is 6.71. The molecule has 0 N–H and O–H groups in total. The predicted molar refractivity (Wildman–Crippen MR) is 128 cm³/mol. The van der Waals surface area contributed by atoms with Gasteiger partial charge in [0.2, 0.25) is 11.8 Å². The quantitative estimate of drug-likeness (QED) is 0.604. The topological polar surface area (TPSA) is 79.3 Å². The molecule has 33 heavy (non-hydrogen) atoms. The molecule has 1 unspecified atom stereocenters. The van der Waals surface area contributed by atoms with E-state index in [0.717, 1.165) is 61.4 Å². The van der Waals surface area contributed by atoms with Crippen LogP contribution in [0.3, 0.4) is 0 Å². The van der Waals surface area contributed by atoms with E-state index in [1.54, 1.807) is 6.20 Å². The molecule has 176 valence electrons. The zero-order valence-corrected chi connectivity index (χ0v) is 20.1. The van der Waals surface area contributed by atoms with Crippen LogP contribution in [-0.2, 0) is 22.4 Å². The Kier molecular flexibility index (Phi) is 7.36. The molecule has 7 heteroatoms. The third-order valence-electron chi connectivity index (χ3n) is 6.71. The van der Waals surface area contributed by atoms with Gasteiger partial charge >= 0.3 is 0 Å². The first-order valence-electron chi connectivity index (χ1n) is 12.3. The molecule has 2 amide bonds. The Hall–Kier alpha value is -2.83. The smallest absolute Gasteiger partial charge is 0.228 e. The summed E-state index contributed by atoms with van der Waals surface area (Å²) in [4.78, 5) is 43.7. The molecule has 4 heterocycles. The van der Waals surface area contributed by atoms with Gasteiger partial charge in [-0.25, -0.2) is 9.97 Å². The number of rotatable bonds is 8. The molecule has 2 aliphatic heterocycles. The van der Waals surface area contributed by atoms with E-state index in [4.69, 9.17) is 9.97 Å². The van der Waals surface area contributed by atoms with Crippen LogP contribution >= 0.6 is 0 Å². The summed E-state index contributed by atoms with van der Waals surface area (Å²) in [7, 11) is 0. The molecule has 1 atom stereocenters. The fraction of sp³-hybridized carbons (Fsp3) is 0.577. The summed E-state index contributed by atoms with van der Waals surface area (Å²) in [6.45, 7) is 7.76. The Morgan fingerprint density at radius 3 is 2.82 bits per heavy atom. The number of aromatic nitrogens is 3. The minimum Gasteiger partial charge on any atom is -0.332 e.